The molecule has 0 saturated carbocycles. The van der Waals surface area contributed by atoms with E-state index in [1.54, 1.807) is 12.4 Å². The molecule has 4 heteroatoms. The SMILES string of the molecule is CN(CCCCC(=O)O)c1ccncc1. The first-order chi connectivity index (χ1) is 7.20. The predicted octanol–water partition coefficient (Wildman–Crippen LogP) is 1.77. The van der Waals surface area contributed by atoms with E-state index in [1.807, 2.05) is 19.2 Å². The molecule has 0 atom stereocenters. The van der Waals surface area contributed by atoms with Crippen molar-refractivity contribution in [1.82, 2.24) is 4.98 Å². The monoisotopic (exact) mass is 208 g/mol. The first kappa shape index (κ1) is 11.5. The maximum absolute atomic E-state index is 10.3. The fourth-order valence-electron chi connectivity index (χ4n) is 1.35. The fraction of sp³-hybridized carbons (Fsp3) is 0.455. The molecular weight excluding hydrogens is 192 g/mol. The lowest BCUT2D eigenvalue weighted by molar-refractivity contribution is -0.137. The van der Waals surface area contributed by atoms with Gasteiger partial charge in [0.15, 0.2) is 0 Å². The van der Waals surface area contributed by atoms with Crippen LogP contribution >= 0.6 is 0 Å². The van der Waals surface area contributed by atoms with E-state index in [0.29, 0.717) is 0 Å². The van der Waals surface area contributed by atoms with Crippen LogP contribution in [-0.4, -0.2) is 29.7 Å². The number of hydrogen-bond acceptors (Lipinski definition) is 3. The lowest BCUT2D eigenvalue weighted by Crippen LogP contribution is -2.18. The molecule has 0 radical (unpaired) electrons. The van der Waals surface area contributed by atoms with Crippen molar-refractivity contribution in [3.63, 3.8) is 0 Å². The molecule has 0 aliphatic heterocycles. The van der Waals surface area contributed by atoms with Gasteiger partial charge in [0.2, 0.25) is 0 Å². The molecule has 1 aromatic heterocycles. The van der Waals surface area contributed by atoms with E-state index < -0.39 is 5.97 Å². The number of carbonyl (C=O) groups is 1. The Bertz CT molecular complexity index is 301. The summed E-state index contributed by atoms with van der Waals surface area (Å²) in [7, 11) is 2.00. The molecule has 0 aromatic carbocycles. The summed E-state index contributed by atoms with van der Waals surface area (Å²) in [4.78, 5) is 16.3. The minimum Gasteiger partial charge on any atom is -0.481 e. The molecule has 0 unspecified atom stereocenters. The molecule has 0 spiro atoms. The number of anilines is 1. The van der Waals surface area contributed by atoms with E-state index in [2.05, 4.69) is 9.88 Å². The molecule has 4 nitrogen and oxygen atoms in total. The number of carboxylic acids is 1. The number of hydrogen-bond donors (Lipinski definition) is 1. The summed E-state index contributed by atoms with van der Waals surface area (Å²) in [6.45, 7) is 0.872. The van der Waals surface area contributed by atoms with Crippen molar-refractivity contribution in [3.8, 4) is 0 Å². The van der Waals surface area contributed by atoms with Crippen LogP contribution in [-0.2, 0) is 4.79 Å². The van der Waals surface area contributed by atoms with Gasteiger partial charge in [0.1, 0.15) is 0 Å². The number of carboxylic acid groups (broad SMARTS) is 1. The smallest absolute Gasteiger partial charge is 0.303 e. The van der Waals surface area contributed by atoms with Gasteiger partial charge in [-0.1, -0.05) is 0 Å². The number of nitrogens with zero attached hydrogens (tertiary/aromatic N) is 2. The van der Waals surface area contributed by atoms with Gasteiger partial charge in [-0.05, 0) is 25.0 Å². The van der Waals surface area contributed by atoms with E-state index in [0.717, 1.165) is 25.1 Å². The van der Waals surface area contributed by atoms with Crippen LogP contribution in [0, 0.1) is 0 Å². The minimum absolute atomic E-state index is 0.254. The zero-order valence-electron chi connectivity index (χ0n) is 8.89. The van der Waals surface area contributed by atoms with Crippen LogP contribution < -0.4 is 4.90 Å². The highest BCUT2D eigenvalue weighted by Crippen LogP contribution is 2.10. The van der Waals surface area contributed by atoms with Crippen LogP contribution in [0.1, 0.15) is 19.3 Å². The van der Waals surface area contributed by atoms with Gasteiger partial charge in [-0.15, -0.1) is 0 Å². The first-order valence-corrected chi connectivity index (χ1v) is 5.03. The molecule has 82 valence electrons. The summed E-state index contributed by atoms with van der Waals surface area (Å²) in [6.07, 6.45) is 5.38. The third-order valence-corrected chi connectivity index (χ3v) is 2.24. The van der Waals surface area contributed by atoms with Crippen molar-refractivity contribution in [3.05, 3.63) is 24.5 Å². The Morgan fingerprint density at radius 1 is 1.40 bits per heavy atom. The number of rotatable bonds is 6. The summed E-state index contributed by atoms with van der Waals surface area (Å²) in [5.41, 5.74) is 1.11. The number of pyridine rings is 1. The Morgan fingerprint density at radius 3 is 2.67 bits per heavy atom. The van der Waals surface area contributed by atoms with Crippen LogP contribution in [0.25, 0.3) is 0 Å². The number of aliphatic carboxylic acids is 1. The summed E-state index contributed by atoms with van der Waals surface area (Å²) in [5.74, 6) is -0.721. The lowest BCUT2D eigenvalue weighted by atomic mass is 10.2. The fourth-order valence-corrected chi connectivity index (χ4v) is 1.35. The van der Waals surface area contributed by atoms with Gasteiger partial charge in [0.05, 0.1) is 0 Å². The number of aromatic nitrogens is 1. The predicted molar refractivity (Wildman–Crippen MR) is 59.0 cm³/mol. The Labute approximate surface area is 89.6 Å². The molecular formula is C11H16N2O2. The Balaban J connectivity index is 2.25. The topological polar surface area (TPSA) is 53.4 Å². The van der Waals surface area contributed by atoms with Gasteiger partial charge in [0, 0.05) is 38.1 Å². The molecule has 15 heavy (non-hydrogen) atoms. The molecule has 0 amide bonds. The molecule has 1 aromatic rings. The molecule has 0 saturated heterocycles. The summed E-state index contributed by atoms with van der Waals surface area (Å²) >= 11 is 0. The van der Waals surface area contributed by atoms with Gasteiger partial charge < -0.3 is 10.0 Å². The summed E-state index contributed by atoms with van der Waals surface area (Å²) in [5, 5.41) is 8.47. The summed E-state index contributed by atoms with van der Waals surface area (Å²) in [6, 6.07) is 3.88. The second-order valence-corrected chi connectivity index (χ2v) is 3.48. The molecule has 1 N–H and O–H groups in total. The Morgan fingerprint density at radius 2 is 2.07 bits per heavy atom. The van der Waals surface area contributed by atoms with Gasteiger partial charge in [-0.25, -0.2) is 0 Å². The lowest BCUT2D eigenvalue weighted by Gasteiger charge is -2.18. The molecule has 0 aliphatic carbocycles. The van der Waals surface area contributed by atoms with Crippen molar-refractivity contribution < 1.29 is 9.90 Å². The third-order valence-electron chi connectivity index (χ3n) is 2.24. The minimum atomic E-state index is -0.721. The second kappa shape index (κ2) is 6.01. The highest BCUT2D eigenvalue weighted by Gasteiger charge is 2.01. The van der Waals surface area contributed by atoms with Crippen molar-refractivity contribution in [2.45, 2.75) is 19.3 Å². The van der Waals surface area contributed by atoms with E-state index in [1.165, 1.54) is 0 Å². The molecule has 0 bridgehead atoms. The largest absolute Gasteiger partial charge is 0.481 e. The van der Waals surface area contributed by atoms with Crippen LogP contribution in [0.3, 0.4) is 0 Å². The van der Waals surface area contributed by atoms with E-state index in [-0.39, 0.29) is 6.42 Å². The second-order valence-electron chi connectivity index (χ2n) is 3.48. The maximum atomic E-state index is 10.3. The molecule has 1 heterocycles. The van der Waals surface area contributed by atoms with Gasteiger partial charge >= 0.3 is 5.97 Å². The van der Waals surface area contributed by atoms with Crippen molar-refractivity contribution in [1.29, 1.82) is 0 Å². The van der Waals surface area contributed by atoms with Crippen LogP contribution in [0.5, 0.6) is 0 Å². The van der Waals surface area contributed by atoms with E-state index >= 15 is 0 Å². The zero-order chi connectivity index (χ0) is 11.1. The molecule has 1 rings (SSSR count). The van der Waals surface area contributed by atoms with Crippen LogP contribution in [0.2, 0.25) is 0 Å². The number of unbranched alkanes of at least 4 members (excludes halogenated alkanes) is 1. The van der Waals surface area contributed by atoms with Crippen LogP contribution in [0.4, 0.5) is 5.69 Å². The van der Waals surface area contributed by atoms with E-state index in [4.69, 9.17) is 5.11 Å². The standard InChI is InChI=1S/C11H16N2O2/c1-13(9-3-2-4-11(14)15)10-5-7-12-8-6-10/h5-8H,2-4,9H2,1H3,(H,14,15). The molecule has 0 aliphatic rings. The average molecular weight is 208 g/mol. The van der Waals surface area contributed by atoms with Gasteiger partial charge in [0.25, 0.3) is 0 Å². The van der Waals surface area contributed by atoms with Crippen LogP contribution in [0.15, 0.2) is 24.5 Å². The third kappa shape index (κ3) is 4.44. The maximum Gasteiger partial charge on any atom is 0.303 e. The Hall–Kier alpha value is -1.58. The van der Waals surface area contributed by atoms with Crippen molar-refractivity contribution in [2.75, 3.05) is 18.5 Å². The Kier molecular flexibility index (Phi) is 4.60. The quantitative estimate of drug-likeness (QED) is 0.724. The average Bonchev–Trinajstić information content (AvgIpc) is 2.25. The van der Waals surface area contributed by atoms with Crippen molar-refractivity contribution >= 4 is 11.7 Å². The zero-order valence-corrected chi connectivity index (χ0v) is 8.89. The van der Waals surface area contributed by atoms with Gasteiger partial charge in [-0.2, -0.15) is 0 Å². The van der Waals surface area contributed by atoms with E-state index in [9.17, 15) is 4.79 Å². The van der Waals surface area contributed by atoms with Gasteiger partial charge in [-0.3, -0.25) is 9.78 Å². The molecule has 0 fully saturated rings. The normalized spacial score (nSPS) is 9.93. The van der Waals surface area contributed by atoms with Crippen molar-refractivity contribution in [2.24, 2.45) is 0 Å². The summed E-state index contributed by atoms with van der Waals surface area (Å²) < 4.78 is 0. The highest BCUT2D eigenvalue weighted by molar-refractivity contribution is 5.66. The first-order valence-electron chi connectivity index (χ1n) is 5.03. The highest BCUT2D eigenvalue weighted by atomic mass is 16.4.